The van der Waals surface area contributed by atoms with Crippen LogP contribution in [0.1, 0.15) is 5.56 Å². The summed E-state index contributed by atoms with van der Waals surface area (Å²) < 4.78 is 0. The van der Waals surface area contributed by atoms with Crippen LogP contribution in [-0.4, -0.2) is 48.0 Å². The Bertz CT molecular complexity index is 292. The molecule has 0 aliphatic rings. The Morgan fingerprint density at radius 2 is 1.62 bits per heavy atom. The van der Waals surface area contributed by atoms with Crippen molar-refractivity contribution in [2.75, 3.05) is 32.8 Å². The molecule has 0 unspecified atom stereocenters. The Kier molecular flexibility index (Phi) is 6.49. The third-order valence-electron chi connectivity index (χ3n) is 2.31. The highest BCUT2D eigenvalue weighted by Crippen LogP contribution is 2.01. The van der Waals surface area contributed by atoms with E-state index in [2.05, 4.69) is 0 Å². The van der Waals surface area contributed by atoms with Crippen LogP contribution in [0.5, 0.6) is 0 Å². The average Bonchev–Trinajstić information content (AvgIpc) is 2.31. The lowest BCUT2D eigenvalue weighted by molar-refractivity contribution is 0.172. The van der Waals surface area contributed by atoms with Gasteiger partial charge in [-0.2, -0.15) is 0 Å². The van der Waals surface area contributed by atoms with Crippen molar-refractivity contribution in [3.63, 3.8) is 0 Å². The van der Waals surface area contributed by atoms with Crippen LogP contribution in [-0.2, 0) is 0 Å². The fraction of sp³-hybridized carbons (Fsp3) is 0.385. The van der Waals surface area contributed by atoms with Gasteiger partial charge in [-0.05, 0) is 5.56 Å². The number of nitrogens with zero attached hydrogens (tertiary/aromatic N) is 1. The highest BCUT2D eigenvalue weighted by Gasteiger charge is 1.99. The third-order valence-corrected chi connectivity index (χ3v) is 2.31. The summed E-state index contributed by atoms with van der Waals surface area (Å²) in [6, 6.07) is 10.1. The third kappa shape index (κ3) is 5.07. The molecular weight excluding hydrogens is 202 g/mol. The Hall–Kier alpha value is -1.16. The molecule has 16 heavy (non-hydrogen) atoms. The molecule has 0 radical (unpaired) electrons. The molecule has 88 valence electrons. The molecule has 0 amide bonds. The minimum Gasteiger partial charge on any atom is -0.395 e. The second-order valence-electron chi connectivity index (χ2n) is 3.56. The van der Waals surface area contributed by atoms with E-state index in [4.69, 9.17) is 10.2 Å². The first-order valence-corrected chi connectivity index (χ1v) is 5.52. The molecule has 0 atom stereocenters. The van der Waals surface area contributed by atoms with Crippen molar-refractivity contribution in [3.8, 4) is 0 Å². The molecule has 0 bridgehead atoms. The van der Waals surface area contributed by atoms with E-state index in [0.717, 1.165) is 12.1 Å². The van der Waals surface area contributed by atoms with Crippen molar-refractivity contribution in [1.82, 2.24) is 4.90 Å². The van der Waals surface area contributed by atoms with Crippen LogP contribution in [0.4, 0.5) is 0 Å². The molecule has 0 aromatic heterocycles. The van der Waals surface area contributed by atoms with E-state index < -0.39 is 0 Å². The molecule has 0 heterocycles. The minimum absolute atomic E-state index is 0.124. The maximum Gasteiger partial charge on any atom is 0.0558 e. The normalized spacial score (nSPS) is 11.4. The van der Waals surface area contributed by atoms with Crippen LogP contribution < -0.4 is 0 Å². The minimum atomic E-state index is 0.124. The summed E-state index contributed by atoms with van der Waals surface area (Å²) in [5.41, 5.74) is 1.16. The van der Waals surface area contributed by atoms with Crippen molar-refractivity contribution < 1.29 is 10.2 Å². The van der Waals surface area contributed by atoms with Gasteiger partial charge in [-0.15, -0.1) is 0 Å². The predicted molar refractivity (Wildman–Crippen MR) is 66.1 cm³/mol. The Labute approximate surface area is 96.6 Å². The first-order chi connectivity index (χ1) is 7.86. The summed E-state index contributed by atoms with van der Waals surface area (Å²) in [4.78, 5) is 2.00. The van der Waals surface area contributed by atoms with Gasteiger partial charge in [-0.25, -0.2) is 0 Å². The monoisotopic (exact) mass is 221 g/mol. The van der Waals surface area contributed by atoms with Crippen molar-refractivity contribution in [3.05, 3.63) is 42.0 Å². The van der Waals surface area contributed by atoms with Crippen LogP contribution in [0, 0.1) is 0 Å². The molecule has 0 aliphatic carbocycles. The van der Waals surface area contributed by atoms with Gasteiger partial charge in [0.25, 0.3) is 0 Å². The smallest absolute Gasteiger partial charge is 0.0558 e. The van der Waals surface area contributed by atoms with Gasteiger partial charge in [-0.3, -0.25) is 4.90 Å². The maximum atomic E-state index is 8.83. The van der Waals surface area contributed by atoms with Crippen molar-refractivity contribution in [2.24, 2.45) is 0 Å². The van der Waals surface area contributed by atoms with Gasteiger partial charge in [0.1, 0.15) is 0 Å². The van der Waals surface area contributed by atoms with Crippen LogP contribution in [0.3, 0.4) is 0 Å². The van der Waals surface area contributed by atoms with E-state index in [0.29, 0.717) is 13.1 Å². The molecule has 0 fully saturated rings. The zero-order chi connectivity index (χ0) is 11.6. The number of benzene rings is 1. The van der Waals surface area contributed by atoms with Gasteiger partial charge in [0.15, 0.2) is 0 Å². The summed E-state index contributed by atoms with van der Waals surface area (Å²) in [6.45, 7) is 2.19. The summed E-state index contributed by atoms with van der Waals surface area (Å²) in [5.74, 6) is 0. The molecule has 0 aliphatic heterocycles. The molecule has 0 saturated carbocycles. The van der Waals surface area contributed by atoms with Crippen molar-refractivity contribution in [2.45, 2.75) is 0 Å². The van der Waals surface area contributed by atoms with E-state index in [9.17, 15) is 0 Å². The molecule has 1 rings (SSSR count). The molecule has 3 nitrogen and oxygen atoms in total. The summed E-state index contributed by atoms with van der Waals surface area (Å²) in [6.07, 6.45) is 4.09. The topological polar surface area (TPSA) is 43.7 Å². The van der Waals surface area contributed by atoms with E-state index in [1.165, 1.54) is 0 Å². The quantitative estimate of drug-likeness (QED) is 0.721. The SMILES string of the molecule is OCCN(CC=Cc1ccccc1)CCO. The first kappa shape index (κ1) is 12.9. The summed E-state index contributed by atoms with van der Waals surface area (Å²) in [7, 11) is 0. The number of rotatable bonds is 7. The van der Waals surface area contributed by atoms with Gasteiger partial charge in [0, 0.05) is 19.6 Å². The molecular formula is C13H19NO2. The van der Waals surface area contributed by atoms with Gasteiger partial charge in [0.2, 0.25) is 0 Å². The molecule has 2 N–H and O–H groups in total. The van der Waals surface area contributed by atoms with E-state index in [1.54, 1.807) is 0 Å². The van der Waals surface area contributed by atoms with E-state index in [1.807, 2.05) is 47.4 Å². The van der Waals surface area contributed by atoms with Gasteiger partial charge in [-0.1, -0.05) is 42.5 Å². The predicted octanol–water partition coefficient (Wildman–Crippen LogP) is 0.986. The number of hydrogen-bond donors (Lipinski definition) is 2. The number of aliphatic hydroxyl groups excluding tert-OH is 2. The molecule has 3 heteroatoms. The highest BCUT2D eigenvalue weighted by atomic mass is 16.3. The second kappa shape index (κ2) is 8.05. The van der Waals surface area contributed by atoms with Crippen molar-refractivity contribution in [1.29, 1.82) is 0 Å². The van der Waals surface area contributed by atoms with Crippen LogP contribution >= 0.6 is 0 Å². The summed E-state index contributed by atoms with van der Waals surface area (Å²) >= 11 is 0. The fourth-order valence-electron chi connectivity index (χ4n) is 1.48. The van der Waals surface area contributed by atoms with Gasteiger partial charge >= 0.3 is 0 Å². The average molecular weight is 221 g/mol. The number of hydrogen-bond acceptors (Lipinski definition) is 3. The Balaban J connectivity index is 2.39. The largest absolute Gasteiger partial charge is 0.395 e. The van der Waals surface area contributed by atoms with Crippen LogP contribution in [0.2, 0.25) is 0 Å². The zero-order valence-corrected chi connectivity index (χ0v) is 9.42. The Morgan fingerprint density at radius 1 is 1.00 bits per heavy atom. The second-order valence-corrected chi connectivity index (χ2v) is 3.56. The molecule has 1 aromatic carbocycles. The fourth-order valence-corrected chi connectivity index (χ4v) is 1.48. The molecule has 1 aromatic rings. The van der Waals surface area contributed by atoms with Gasteiger partial charge < -0.3 is 10.2 Å². The van der Waals surface area contributed by atoms with Crippen LogP contribution in [0.25, 0.3) is 6.08 Å². The summed E-state index contributed by atoms with van der Waals surface area (Å²) in [5, 5.41) is 17.7. The lowest BCUT2D eigenvalue weighted by Crippen LogP contribution is -2.29. The van der Waals surface area contributed by atoms with Crippen LogP contribution in [0.15, 0.2) is 36.4 Å². The molecule has 0 spiro atoms. The first-order valence-electron chi connectivity index (χ1n) is 5.52. The zero-order valence-electron chi connectivity index (χ0n) is 9.42. The lowest BCUT2D eigenvalue weighted by Gasteiger charge is -2.17. The van der Waals surface area contributed by atoms with Crippen molar-refractivity contribution >= 4 is 6.08 Å². The van der Waals surface area contributed by atoms with E-state index in [-0.39, 0.29) is 13.2 Å². The standard InChI is InChI=1S/C13H19NO2/c15-11-9-14(10-12-16)8-4-7-13-5-2-1-3-6-13/h1-7,15-16H,8-12H2. The lowest BCUT2D eigenvalue weighted by atomic mass is 10.2. The highest BCUT2D eigenvalue weighted by molar-refractivity contribution is 5.48. The number of aliphatic hydroxyl groups is 2. The maximum absolute atomic E-state index is 8.83. The Morgan fingerprint density at radius 3 is 2.19 bits per heavy atom. The molecule has 0 saturated heterocycles. The van der Waals surface area contributed by atoms with Gasteiger partial charge in [0.05, 0.1) is 13.2 Å². The van der Waals surface area contributed by atoms with E-state index >= 15 is 0 Å².